The number of ether oxygens (including phenoxy) is 1. The Bertz CT molecular complexity index is 274. The third-order valence-electron chi connectivity index (χ3n) is 4.17. The maximum absolute atomic E-state index is 11.6. The molecule has 1 fully saturated rings. The number of carbonyl (C=O) groups is 1. The van der Waals surface area contributed by atoms with Crippen molar-refractivity contribution in [3.63, 3.8) is 0 Å². The minimum atomic E-state index is 0.186. The average Bonchev–Trinajstić information content (AvgIpc) is 2.42. The van der Waals surface area contributed by atoms with Gasteiger partial charge in [0.1, 0.15) is 0 Å². The van der Waals surface area contributed by atoms with Gasteiger partial charge in [0, 0.05) is 39.8 Å². The molecule has 0 saturated carbocycles. The van der Waals surface area contributed by atoms with Crippen molar-refractivity contribution in [1.29, 1.82) is 0 Å². The fourth-order valence-corrected chi connectivity index (χ4v) is 3.28. The predicted molar refractivity (Wildman–Crippen MR) is 87.4 cm³/mol. The monoisotopic (exact) mass is 298 g/mol. The van der Waals surface area contributed by atoms with E-state index >= 15 is 0 Å². The molecule has 4 heteroatoms. The van der Waals surface area contributed by atoms with E-state index in [9.17, 15) is 4.79 Å². The second-order valence-corrected chi connectivity index (χ2v) is 6.71. The Morgan fingerprint density at radius 2 is 1.86 bits per heavy atom. The van der Waals surface area contributed by atoms with Crippen LogP contribution in [0.25, 0.3) is 0 Å². The third kappa shape index (κ3) is 9.10. The number of unbranched alkanes of at least 4 members (excludes halogenated alkanes) is 2. The van der Waals surface area contributed by atoms with Crippen LogP contribution >= 0.6 is 0 Å². The second kappa shape index (κ2) is 11.0. The lowest BCUT2D eigenvalue weighted by molar-refractivity contribution is -0.121. The highest BCUT2D eigenvalue weighted by Gasteiger charge is 2.20. The van der Waals surface area contributed by atoms with Crippen LogP contribution in [0.15, 0.2) is 0 Å². The van der Waals surface area contributed by atoms with E-state index in [0.717, 1.165) is 44.2 Å². The van der Waals surface area contributed by atoms with Crippen LogP contribution in [0.3, 0.4) is 0 Å². The van der Waals surface area contributed by atoms with Crippen LogP contribution in [0, 0.1) is 11.8 Å². The minimum Gasteiger partial charge on any atom is -0.385 e. The summed E-state index contributed by atoms with van der Waals surface area (Å²) in [6, 6.07) is 0. The highest BCUT2D eigenvalue weighted by Crippen LogP contribution is 2.20. The number of hydrogen-bond donors (Lipinski definition) is 1. The van der Waals surface area contributed by atoms with Gasteiger partial charge in [-0.15, -0.1) is 0 Å². The first-order chi connectivity index (χ1) is 10.1. The molecule has 0 aromatic rings. The quantitative estimate of drug-likeness (QED) is 0.631. The minimum absolute atomic E-state index is 0.186. The van der Waals surface area contributed by atoms with Crippen molar-refractivity contribution in [1.82, 2.24) is 10.2 Å². The van der Waals surface area contributed by atoms with Gasteiger partial charge in [0.25, 0.3) is 0 Å². The van der Waals surface area contributed by atoms with Gasteiger partial charge < -0.3 is 15.0 Å². The van der Waals surface area contributed by atoms with E-state index < -0.39 is 0 Å². The van der Waals surface area contributed by atoms with Gasteiger partial charge >= 0.3 is 0 Å². The van der Waals surface area contributed by atoms with Gasteiger partial charge in [-0.1, -0.05) is 13.8 Å². The molecule has 2 unspecified atom stereocenters. The highest BCUT2D eigenvalue weighted by molar-refractivity contribution is 5.75. The Labute approximate surface area is 130 Å². The highest BCUT2D eigenvalue weighted by atomic mass is 16.5. The third-order valence-corrected chi connectivity index (χ3v) is 4.17. The lowest BCUT2D eigenvalue weighted by atomic mass is 9.92. The van der Waals surface area contributed by atoms with Crippen molar-refractivity contribution in [2.75, 3.05) is 39.9 Å². The zero-order valence-corrected chi connectivity index (χ0v) is 14.2. The summed E-state index contributed by atoms with van der Waals surface area (Å²) < 4.78 is 4.97. The Hall–Kier alpha value is -0.610. The first-order valence-corrected chi connectivity index (χ1v) is 8.59. The zero-order valence-electron chi connectivity index (χ0n) is 14.2. The number of hydrogen-bond acceptors (Lipinski definition) is 3. The van der Waals surface area contributed by atoms with Crippen LogP contribution in [0.4, 0.5) is 0 Å². The molecule has 0 aromatic carbocycles. The average molecular weight is 298 g/mol. The molecule has 0 aromatic heterocycles. The molecular weight excluding hydrogens is 264 g/mol. The summed E-state index contributed by atoms with van der Waals surface area (Å²) in [4.78, 5) is 14.2. The maximum Gasteiger partial charge on any atom is 0.219 e. The summed E-state index contributed by atoms with van der Waals surface area (Å²) in [6.07, 6.45) is 6.16. The fourth-order valence-electron chi connectivity index (χ4n) is 3.28. The smallest absolute Gasteiger partial charge is 0.219 e. The van der Waals surface area contributed by atoms with Gasteiger partial charge in [0.2, 0.25) is 5.91 Å². The molecule has 21 heavy (non-hydrogen) atoms. The summed E-state index contributed by atoms with van der Waals surface area (Å²) in [5.41, 5.74) is 0. The van der Waals surface area contributed by atoms with E-state index in [0.29, 0.717) is 6.42 Å². The summed E-state index contributed by atoms with van der Waals surface area (Å²) in [5.74, 6) is 1.85. The van der Waals surface area contributed by atoms with Gasteiger partial charge in [0.05, 0.1) is 0 Å². The number of likely N-dealkylation sites (tertiary alicyclic amines) is 1. The number of rotatable bonds is 10. The Kier molecular flexibility index (Phi) is 9.68. The van der Waals surface area contributed by atoms with Crippen molar-refractivity contribution in [3.8, 4) is 0 Å². The van der Waals surface area contributed by atoms with E-state index in [-0.39, 0.29) is 5.91 Å². The van der Waals surface area contributed by atoms with E-state index in [1.165, 1.54) is 32.5 Å². The van der Waals surface area contributed by atoms with Gasteiger partial charge in [0.15, 0.2) is 0 Å². The summed E-state index contributed by atoms with van der Waals surface area (Å²) in [5, 5.41) is 3.02. The van der Waals surface area contributed by atoms with Crippen molar-refractivity contribution in [2.24, 2.45) is 11.8 Å². The van der Waals surface area contributed by atoms with E-state index in [4.69, 9.17) is 4.74 Å². The van der Waals surface area contributed by atoms with Crippen molar-refractivity contribution < 1.29 is 9.53 Å². The molecule has 1 heterocycles. The molecule has 1 aliphatic heterocycles. The lowest BCUT2D eigenvalue weighted by Crippen LogP contribution is -2.39. The Morgan fingerprint density at radius 1 is 1.14 bits per heavy atom. The number of amides is 1. The molecule has 1 aliphatic rings. The van der Waals surface area contributed by atoms with Crippen LogP contribution in [-0.2, 0) is 9.53 Å². The molecule has 0 bridgehead atoms. The molecule has 124 valence electrons. The standard InChI is InChI=1S/C17H34N2O2/c1-15-12-16(2)14-19(13-15)10-6-5-9-18-17(20)8-4-7-11-21-3/h15-16H,4-14H2,1-3H3,(H,18,20). The molecule has 1 amide bonds. The van der Waals surface area contributed by atoms with Crippen LogP contribution in [0.5, 0.6) is 0 Å². The van der Waals surface area contributed by atoms with Gasteiger partial charge in [-0.2, -0.15) is 0 Å². The Morgan fingerprint density at radius 3 is 2.52 bits per heavy atom. The van der Waals surface area contributed by atoms with Crippen LogP contribution in [0.2, 0.25) is 0 Å². The second-order valence-electron chi connectivity index (χ2n) is 6.71. The summed E-state index contributed by atoms with van der Waals surface area (Å²) in [6.45, 7) is 9.95. The van der Waals surface area contributed by atoms with Gasteiger partial charge in [-0.05, 0) is 50.5 Å². The largest absolute Gasteiger partial charge is 0.385 e. The molecule has 0 spiro atoms. The van der Waals surface area contributed by atoms with Crippen molar-refractivity contribution >= 4 is 5.91 Å². The zero-order chi connectivity index (χ0) is 15.5. The number of carbonyl (C=O) groups excluding carboxylic acids is 1. The topological polar surface area (TPSA) is 41.6 Å². The van der Waals surface area contributed by atoms with Crippen LogP contribution < -0.4 is 5.32 Å². The molecule has 1 N–H and O–H groups in total. The molecule has 4 nitrogen and oxygen atoms in total. The summed E-state index contributed by atoms with van der Waals surface area (Å²) >= 11 is 0. The Balaban J connectivity index is 1.95. The van der Waals surface area contributed by atoms with Gasteiger partial charge in [-0.3, -0.25) is 4.79 Å². The van der Waals surface area contributed by atoms with E-state index in [1.54, 1.807) is 7.11 Å². The van der Waals surface area contributed by atoms with Crippen LogP contribution in [0.1, 0.15) is 52.4 Å². The predicted octanol–water partition coefficient (Wildman–Crippen LogP) is 2.68. The summed E-state index contributed by atoms with van der Waals surface area (Å²) in [7, 11) is 1.70. The molecule has 1 saturated heterocycles. The van der Waals surface area contributed by atoms with Crippen molar-refractivity contribution in [3.05, 3.63) is 0 Å². The molecule has 0 radical (unpaired) electrons. The SMILES string of the molecule is COCCCCC(=O)NCCCCN1CC(C)CC(C)C1. The fraction of sp³-hybridized carbons (Fsp3) is 0.941. The molecular formula is C17H34N2O2. The van der Waals surface area contributed by atoms with Gasteiger partial charge in [-0.25, -0.2) is 0 Å². The lowest BCUT2D eigenvalue weighted by Gasteiger charge is -2.34. The normalized spacial score (nSPS) is 23.2. The maximum atomic E-state index is 11.6. The molecule has 0 aliphatic carbocycles. The van der Waals surface area contributed by atoms with E-state index in [2.05, 4.69) is 24.1 Å². The first kappa shape index (κ1) is 18.4. The van der Waals surface area contributed by atoms with E-state index in [1.807, 2.05) is 0 Å². The number of nitrogens with zero attached hydrogens (tertiary/aromatic N) is 1. The molecule has 1 rings (SSSR count). The number of methoxy groups -OCH3 is 1. The molecule has 2 atom stereocenters. The first-order valence-electron chi connectivity index (χ1n) is 8.59. The number of nitrogens with one attached hydrogen (secondary N) is 1. The van der Waals surface area contributed by atoms with Crippen molar-refractivity contribution in [2.45, 2.75) is 52.4 Å². The number of piperidine rings is 1. The van der Waals surface area contributed by atoms with Crippen LogP contribution in [-0.4, -0.2) is 50.7 Å².